The number of rotatable bonds is 8. The van der Waals surface area contributed by atoms with E-state index in [2.05, 4.69) is 10.6 Å². The standard InChI is InChI=1S/C25H25FN2O3/c1-17(27-24(29)16-5-18-3-14-23(31-2)15-4-18)19-8-12-22(13-9-19)28-25(30)20-6-10-21(26)11-7-20/h3-4,6-15,17H,5,16H2,1-2H3,(H,27,29)(H,28,30). The van der Waals surface area contributed by atoms with Crippen LogP contribution in [0.15, 0.2) is 72.8 Å². The third-order valence-corrected chi connectivity index (χ3v) is 4.95. The monoisotopic (exact) mass is 420 g/mol. The number of carbonyl (C=O) groups is 2. The average Bonchev–Trinajstić information content (AvgIpc) is 2.79. The molecule has 160 valence electrons. The van der Waals surface area contributed by atoms with E-state index in [1.165, 1.54) is 24.3 Å². The number of anilines is 1. The highest BCUT2D eigenvalue weighted by molar-refractivity contribution is 6.04. The summed E-state index contributed by atoms with van der Waals surface area (Å²) < 4.78 is 18.1. The highest BCUT2D eigenvalue weighted by Gasteiger charge is 2.11. The van der Waals surface area contributed by atoms with Gasteiger partial charge in [0.1, 0.15) is 11.6 Å². The van der Waals surface area contributed by atoms with Crippen LogP contribution in [0.1, 0.15) is 40.9 Å². The van der Waals surface area contributed by atoms with E-state index in [9.17, 15) is 14.0 Å². The van der Waals surface area contributed by atoms with Crippen molar-refractivity contribution in [3.63, 3.8) is 0 Å². The molecule has 0 aliphatic rings. The third kappa shape index (κ3) is 6.40. The van der Waals surface area contributed by atoms with Crippen molar-refractivity contribution < 1.29 is 18.7 Å². The first kappa shape index (κ1) is 22.0. The van der Waals surface area contributed by atoms with E-state index in [0.717, 1.165) is 16.9 Å². The van der Waals surface area contributed by atoms with Crippen LogP contribution in [0.25, 0.3) is 0 Å². The normalized spacial score (nSPS) is 11.5. The van der Waals surface area contributed by atoms with Crippen molar-refractivity contribution in [3.05, 3.63) is 95.3 Å². The number of hydrogen-bond acceptors (Lipinski definition) is 3. The summed E-state index contributed by atoms with van der Waals surface area (Å²) in [6, 6.07) is 20.1. The SMILES string of the molecule is COc1ccc(CCC(=O)NC(C)c2ccc(NC(=O)c3ccc(F)cc3)cc2)cc1. The fourth-order valence-electron chi connectivity index (χ4n) is 3.11. The molecule has 2 N–H and O–H groups in total. The maximum absolute atomic E-state index is 13.0. The van der Waals surface area contributed by atoms with Crippen molar-refractivity contribution >= 4 is 17.5 Å². The van der Waals surface area contributed by atoms with Gasteiger partial charge in [-0.15, -0.1) is 0 Å². The molecule has 0 aliphatic carbocycles. The summed E-state index contributed by atoms with van der Waals surface area (Å²) in [6.45, 7) is 1.91. The van der Waals surface area contributed by atoms with Crippen LogP contribution < -0.4 is 15.4 Å². The number of hydrogen-bond donors (Lipinski definition) is 2. The maximum Gasteiger partial charge on any atom is 0.255 e. The van der Waals surface area contributed by atoms with E-state index in [4.69, 9.17) is 4.74 Å². The molecular formula is C25H25FN2O3. The topological polar surface area (TPSA) is 67.4 Å². The summed E-state index contributed by atoms with van der Waals surface area (Å²) in [6.07, 6.45) is 1.04. The lowest BCUT2D eigenvalue weighted by Crippen LogP contribution is -2.26. The molecule has 3 aromatic rings. The minimum absolute atomic E-state index is 0.0305. The van der Waals surface area contributed by atoms with Crippen LogP contribution >= 0.6 is 0 Å². The lowest BCUT2D eigenvalue weighted by Gasteiger charge is -2.15. The molecule has 31 heavy (non-hydrogen) atoms. The number of ether oxygens (including phenoxy) is 1. The summed E-state index contributed by atoms with van der Waals surface area (Å²) in [5.41, 5.74) is 3.00. The number of methoxy groups -OCH3 is 1. The molecule has 0 aliphatic heterocycles. The quantitative estimate of drug-likeness (QED) is 0.545. The van der Waals surface area contributed by atoms with E-state index in [0.29, 0.717) is 24.1 Å². The second-order valence-electron chi connectivity index (χ2n) is 7.22. The molecule has 5 nitrogen and oxygen atoms in total. The fraction of sp³-hybridized carbons (Fsp3) is 0.200. The second kappa shape index (κ2) is 10.4. The van der Waals surface area contributed by atoms with Gasteiger partial charge in [0.15, 0.2) is 0 Å². The van der Waals surface area contributed by atoms with Gasteiger partial charge in [-0.1, -0.05) is 24.3 Å². The first-order valence-electron chi connectivity index (χ1n) is 10.0. The number of benzene rings is 3. The lowest BCUT2D eigenvalue weighted by molar-refractivity contribution is -0.121. The van der Waals surface area contributed by atoms with E-state index >= 15 is 0 Å². The Balaban J connectivity index is 1.49. The Morgan fingerprint density at radius 2 is 1.58 bits per heavy atom. The van der Waals surface area contributed by atoms with Crippen LogP contribution in [-0.4, -0.2) is 18.9 Å². The molecular weight excluding hydrogens is 395 g/mol. The van der Waals surface area contributed by atoms with Gasteiger partial charge in [-0.25, -0.2) is 4.39 Å². The molecule has 0 fully saturated rings. The molecule has 0 saturated heterocycles. The minimum Gasteiger partial charge on any atom is -0.497 e. The molecule has 0 bridgehead atoms. The Morgan fingerprint density at radius 1 is 0.935 bits per heavy atom. The van der Waals surface area contributed by atoms with Gasteiger partial charge in [0, 0.05) is 17.7 Å². The Hall–Kier alpha value is -3.67. The van der Waals surface area contributed by atoms with Gasteiger partial charge >= 0.3 is 0 Å². The summed E-state index contributed by atoms with van der Waals surface area (Å²) in [5, 5.41) is 5.77. The smallest absolute Gasteiger partial charge is 0.255 e. The van der Waals surface area contributed by atoms with Gasteiger partial charge in [0.05, 0.1) is 13.2 Å². The molecule has 1 unspecified atom stereocenters. The first-order valence-corrected chi connectivity index (χ1v) is 10.0. The zero-order valence-electron chi connectivity index (χ0n) is 17.5. The summed E-state index contributed by atoms with van der Waals surface area (Å²) in [7, 11) is 1.62. The van der Waals surface area contributed by atoms with Crippen molar-refractivity contribution in [2.75, 3.05) is 12.4 Å². The van der Waals surface area contributed by atoms with Crippen molar-refractivity contribution in [1.82, 2.24) is 5.32 Å². The van der Waals surface area contributed by atoms with Gasteiger partial charge in [-0.3, -0.25) is 9.59 Å². The zero-order valence-corrected chi connectivity index (χ0v) is 17.5. The third-order valence-electron chi connectivity index (χ3n) is 4.95. The molecule has 0 spiro atoms. The summed E-state index contributed by atoms with van der Waals surface area (Å²) >= 11 is 0. The Morgan fingerprint density at radius 3 is 2.19 bits per heavy atom. The Kier molecular flexibility index (Phi) is 7.38. The Bertz CT molecular complexity index is 1020. The molecule has 6 heteroatoms. The molecule has 0 aromatic heterocycles. The summed E-state index contributed by atoms with van der Waals surface area (Å²) in [5.74, 6) is 0.0599. The van der Waals surface area contributed by atoms with Gasteiger partial charge in [-0.2, -0.15) is 0 Å². The predicted octanol–water partition coefficient (Wildman–Crippen LogP) is 4.90. The van der Waals surface area contributed by atoms with Gasteiger partial charge in [0.2, 0.25) is 5.91 Å². The predicted molar refractivity (Wildman–Crippen MR) is 119 cm³/mol. The first-order chi connectivity index (χ1) is 14.9. The number of halogens is 1. The largest absolute Gasteiger partial charge is 0.497 e. The van der Waals surface area contributed by atoms with E-state index in [1.54, 1.807) is 19.2 Å². The molecule has 1 atom stereocenters. The second-order valence-corrected chi connectivity index (χ2v) is 7.22. The number of nitrogens with one attached hydrogen (secondary N) is 2. The maximum atomic E-state index is 13.0. The van der Waals surface area contributed by atoms with Crippen LogP contribution in [0, 0.1) is 5.82 Å². The number of aryl methyl sites for hydroxylation is 1. The molecule has 3 aromatic carbocycles. The van der Waals surface area contributed by atoms with E-state index in [1.807, 2.05) is 43.3 Å². The highest BCUT2D eigenvalue weighted by atomic mass is 19.1. The van der Waals surface area contributed by atoms with Crippen LogP contribution in [0.2, 0.25) is 0 Å². The fourth-order valence-corrected chi connectivity index (χ4v) is 3.11. The van der Waals surface area contributed by atoms with Crippen molar-refractivity contribution in [2.24, 2.45) is 0 Å². The van der Waals surface area contributed by atoms with Gasteiger partial charge in [-0.05, 0) is 73.0 Å². The number of amides is 2. The van der Waals surface area contributed by atoms with E-state index in [-0.39, 0.29) is 23.7 Å². The summed E-state index contributed by atoms with van der Waals surface area (Å²) in [4.78, 5) is 24.5. The van der Waals surface area contributed by atoms with Crippen LogP contribution in [0.5, 0.6) is 5.75 Å². The van der Waals surface area contributed by atoms with Crippen molar-refractivity contribution in [3.8, 4) is 5.75 Å². The molecule has 0 heterocycles. The average molecular weight is 420 g/mol. The van der Waals surface area contributed by atoms with Crippen molar-refractivity contribution in [1.29, 1.82) is 0 Å². The zero-order chi connectivity index (χ0) is 22.2. The molecule has 2 amide bonds. The van der Waals surface area contributed by atoms with Crippen LogP contribution in [-0.2, 0) is 11.2 Å². The minimum atomic E-state index is -0.388. The van der Waals surface area contributed by atoms with Crippen molar-refractivity contribution in [2.45, 2.75) is 25.8 Å². The molecule has 0 radical (unpaired) electrons. The number of carbonyl (C=O) groups excluding carboxylic acids is 2. The molecule has 0 saturated carbocycles. The molecule has 3 rings (SSSR count). The Labute approximate surface area is 181 Å². The van der Waals surface area contributed by atoms with Gasteiger partial charge in [0.25, 0.3) is 5.91 Å². The van der Waals surface area contributed by atoms with Crippen LogP contribution in [0.4, 0.5) is 10.1 Å². The van der Waals surface area contributed by atoms with Crippen LogP contribution in [0.3, 0.4) is 0 Å². The lowest BCUT2D eigenvalue weighted by atomic mass is 10.1. The highest BCUT2D eigenvalue weighted by Crippen LogP contribution is 2.18. The van der Waals surface area contributed by atoms with Gasteiger partial charge < -0.3 is 15.4 Å². The van der Waals surface area contributed by atoms with E-state index < -0.39 is 0 Å².